The lowest BCUT2D eigenvalue weighted by Gasteiger charge is -2.40. The van der Waals surface area contributed by atoms with Gasteiger partial charge in [0.05, 0.1) is 28.9 Å². The van der Waals surface area contributed by atoms with Gasteiger partial charge >= 0.3 is 0 Å². The molecule has 1 unspecified atom stereocenters. The minimum atomic E-state index is -0.695. The number of non-ortho nitro benzene ring substituents is 1. The number of nitrogens with one attached hydrogen (secondary N) is 1. The first-order valence-corrected chi connectivity index (χ1v) is 14.5. The smallest absolute Gasteiger partial charge is 0.269 e. The molecule has 0 saturated carbocycles. The summed E-state index contributed by atoms with van der Waals surface area (Å²) >= 11 is 0. The van der Waals surface area contributed by atoms with Gasteiger partial charge in [-0.25, -0.2) is 4.39 Å². The van der Waals surface area contributed by atoms with Crippen LogP contribution in [0.1, 0.15) is 38.3 Å². The SMILES string of the molecule is CC1(C)CC(=O)C2=C(C1)Nc1ccccc1N(CC(=O)N1CCN(c3ccc(F)cc3)CC1)C2c1cccc([N+](=O)[O-])c1. The molecule has 1 N–H and O–H groups in total. The highest BCUT2D eigenvalue weighted by Crippen LogP contribution is 2.48. The molecule has 222 valence electrons. The molecule has 6 rings (SSSR count). The van der Waals surface area contributed by atoms with Crippen LogP contribution in [0.2, 0.25) is 0 Å². The van der Waals surface area contributed by atoms with Gasteiger partial charge in [0.25, 0.3) is 5.69 Å². The summed E-state index contributed by atoms with van der Waals surface area (Å²) in [5, 5.41) is 15.3. The van der Waals surface area contributed by atoms with E-state index in [0.717, 1.165) is 22.8 Å². The molecule has 1 amide bonds. The Hall–Kier alpha value is -4.73. The van der Waals surface area contributed by atoms with Gasteiger partial charge < -0.3 is 20.0 Å². The fourth-order valence-corrected chi connectivity index (χ4v) is 6.49. The molecule has 1 saturated heterocycles. The molecule has 2 aliphatic heterocycles. The lowest BCUT2D eigenvalue weighted by Crippen LogP contribution is -2.52. The third-order valence-corrected chi connectivity index (χ3v) is 8.53. The van der Waals surface area contributed by atoms with Gasteiger partial charge in [-0.05, 0) is 53.8 Å². The number of amides is 1. The summed E-state index contributed by atoms with van der Waals surface area (Å²) in [6.07, 6.45) is 0.962. The van der Waals surface area contributed by atoms with Crippen molar-refractivity contribution in [3.8, 4) is 0 Å². The number of piperazine rings is 1. The number of anilines is 3. The summed E-state index contributed by atoms with van der Waals surface area (Å²) in [6, 6.07) is 19.7. The van der Waals surface area contributed by atoms with Gasteiger partial charge in [0, 0.05) is 61.7 Å². The standard InChI is InChI=1S/C33H34FN5O4/c1-33(2)19-27-31(29(40)20-33)32(22-6-5-7-25(18-22)39(42)43)38(28-9-4-3-8-26(28)35-27)21-30(41)37-16-14-36(15-17-37)24-12-10-23(34)11-13-24/h3-13,18,32,35H,14-17,19-21H2,1-2H3. The number of fused-ring (bicyclic) bond motifs is 1. The van der Waals surface area contributed by atoms with Gasteiger partial charge in [-0.3, -0.25) is 19.7 Å². The second kappa shape index (κ2) is 11.2. The van der Waals surface area contributed by atoms with Crippen LogP contribution < -0.4 is 15.1 Å². The quantitative estimate of drug-likeness (QED) is 0.304. The van der Waals surface area contributed by atoms with Gasteiger partial charge in [-0.1, -0.05) is 38.1 Å². The largest absolute Gasteiger partial charge is 0.368 e. The second-order valence-corrected chi connectivity index (χ2v) is 12.2. The van der Waals surface area contributed by atoms with Crippen molar-refractivity contribution in [2.45, 2.75) is 32.7 Å². The van der Waals surface area contributed by atoms with Crippen molar-refractivity contribution in [2.75, 3.05) is 47.8 Å². The Morgan fingerprint density at radius 3 is 2.44 bits per heavy atom. The van der Waals surface area contributed by atoms with E-state index in [1.807, 2.05) is 34.1 Å². The lowest BCUT2D eigenvalue weighted by molar-refractivity contribution is -0.384. The van der Waals surface area contributed by atoms with E-state index in [2.05, 4.69) is 24.1 Å². The molecule has 3 aliphatic rings. The van der Waals surface area contributed by atoms with E-state index >= 15 is 0 Å². The second-order valence-electron chi connectivity index (χ2n) is 12.2. The molecule has 9 nitrogen and oxygen atoms in total. The highest BCUT2D eigenvalue weighted by atomic mass is 19.1. The third-order valence-electron chi connectivity index (χ3n) is 8.53. The zero-order valence-corrected chi connectivity index (χ0v) is 24.3. The number of para-hydroxylation sites is 2. The number of ketones is 1. The number of rotatable bonds is 5. The summed E-state index contributed by atoms with van der Waals surface area (Å²) in [4.78, 5) is 45.0. The Labute approximate surface area is 249 Å². The highest BCUT2D eigenvalue weighted by molar-refractivity contribution is 6.02. The number of benzene rings is 3. The van der Waals surface area contributed by atoms with Crippen molar-refractivity contribution in [3.63, 3.8) is 0 Å². The lowest BCUT2D eigenvalue weighted by atomic mass is 9.73. The van der Waals surface area contributed by atoms with E-state index in [4.69, 9.17) is 0 Å². The first kappa shape index (κ1) is 28.4. The maximum absolute atomic E-state index is 14.0. The number of carbonyl (C=O) groups excluding carboxylic acids is 2. The van der Waals surface area contributed by atoms with Crippen LogP contribution in [0.3, 0.4) is 0 Å². The van der Waals surface area contributed by atoms with Crippen molar-refractivity contribution < 1.29 is 18.9 Å². The molecule has 3 aromatic carbocycles. The van der Waals surface area contributed by atoms with E-state index in [-0.39, 0.29) is 35.2 Å². The monoisotopic (exact) mass is 583 g/mol. The Kier molecular flexibility index (Phi) is 7.37. The Balaban J connectivity index is 1.37. The Morgan fingerprint density at radius 1 is 1.00 bits per heavy atom. The summed E-state index contributed by atoms with van der Waals surface area (Å²) in [5.74, 6) is -0.425. The summed E-state index contributed by atoms with van der Waals surface area (Å²) in [5.41, 5.74) is 4.02. The van der Waals surface area contributed by atoms with E-state index in [0.29, 0.717) is 50.2 Å². The Bertz CT molecular complexity index is 1610. The van der Waals surface area contributed by atoms with Gasteiger partial charge in [-0.2, -0.15) is 0 Å². The van der Waals surface area contributed by atoms with E-state index < -0.39 is 11.0 Å². The van der Waals surface area contributed by atoms with Crippen molar-refractivity contribution in [3.05, 3.63) is 106 Å². The number of hydrogen-bond donors (Lipinski definition) is 1. The molecular weight excluding hydrogens is 549 g/mol. The molecule has 0 aromatic heterocycles. The maximum atomic E-state index is 14.0. The molecule has 3 aromatic rings. The van der Waals surface area contributed by atoms with Gasteiger partial charge in [0.1, 0.15) is 5.82 Å². The average Bonchev–Trinajstić information content (AvgIpc) is 3.11. The summed E-state index contributed by atoms with van der Waals surface area (Å²) in [6.45, 7) is 6.29. The van der Waals surface area contributed by atoms with Crippen molar-refractivity contribution >= 4 is 34.4 Å². The molecular formula is C33H34FN5O4. The summed E-state index contributed by atoms with van der Waals surface area (Å²) < 4.78 is 13.4. The van der Waals surface area contributed by atoms with E-state index in [9.17, 15) is 24.1 Å². The van der Waals surface area contributed by atoms with Crippen LogP contribution >= 0.6 is 0 Å². The third kappa shape index (κ3) is 5.69. The molecule has 10 heteroatoms. The number of nitrogens with zero attached hydrogens (tertiary/aromatic N) is 4. The fourth-order valence-electron chi connectivity index (χ4n) is 6.49. The van der Waals surface area contributed by atoms with Crippen LogP contribution in [-0.2, 0) is 9.59 Å². The number of nitro groups is 1. The predicted molar refractivity (Wildman–Crippen MR) is 163 cm³/mol. The summed E-state index contributed by atoms with van der Waals surface area (Å²) in [7, 11) is 0. The van der Waals surface area contributed by atoms with Crippen LogP contribution in [0.15, 0.2) is 84.1 Å². The minimum Gasteiger partial charge on any atom is -0.368 e. The van der Waals surface area contributed by atoms with Crippen molar-refractivity contribution in [2.24, 2.45) is 5.41 Å². The van der Waals surface area contributed by atoms with Crippen LogP contribution in [0.25, 0.3) is 0 Å². The molecule has 0 spiro atoms. The zero-order valence-electron chi connectivity index (χ0n) is 24.3. The number of carbonyl (C=O) groups is 2. The molecule has 43 heavy (non-hydrogen) atoms. The number of halogens is 1. The molecule has 1 atom stereocenters. The van der Waals surface area contributed by atoms with Crippen LogP contribution in [0.5, 0.6) is 0 Å². The van der Waals surface area contributed by atoms with Crippen LogP contribution in [0.4, 0.5) is 27.1 Å². The van der Waals surface area contributed by atoms with E-state index in [1.54, 1.807) is 24.3 Å². The van der Waals surface area contributed by atoms with Gasteiger partial charge in [0.2, 0.25) is 5.91 Å². The van der Waals surface area contributed by atoms with Gasteiger partial charge in [-0.15, -0.1) is 0 Å². The number of allylic oxidation sites excluding steroid dienone is 1. The number of Topliss-reactive ketones (excluding diaryl/α,β-unsaturated/α-hetero) is 1. The molecule has 1 aliphatic carbocycles. The first-order chi connectivity index (χ1) is 20.6. The number of nitro benzene ring substituents is 1. The fraction of sp³-hybridized carbons (Fsp3) is 0.333. The van der Waals surface area contributed by atoms with Gasteiger partial charge in [0.15, 0.2) is 5.78 Å². The number of hydrogen-bond acceptors (Lipinski definition) is 7. The van der Waals surface area contributed by atoms with E-state index in [1.165, 1.54) is 24.3 Å². The minimum absolute atomic E-state index is 0.0178. The normalized spacial score (nSPS) is 19.7. The highest BCUT2D eigenvalue weighted by Gasteiger charge is 2.42. The Morgan fingerprint density at radius 2 is 1.72 bits per heavy atom. The predicted octanol–water partition coefficient (Wildman–Crippen LogP) is 5.70. The molecule has 0 bridgehead atoms. The molecule has 2 heterocycles. The average molecular weight is 584 g/mol. The maximum Gasteiger partial charge on any atom is 0.269 e. The van der Waals surface area contributed by atoms with Crippen molar-refractivity contribution in [1.82, 2.24) is 4.90 Å². The molecule has 0 radical (unpaired) electrons. The molecule has 1 fully saturated rings. The first-order valence-electron chi connectivity index (χ1n) is 14.5. The van der Waals surface area contributed by atoms with Crippen LogP contribution in [-0.4, -0.2) is 54.2 Å². The van der Waals surface area contributed by atoms with Crippen LogP contribution in [0, 0.1) is 21.3 Å². The van der Waals surface area contributed by atoms with Crippen molar-refractivity contribution in [1.29, 1.82) is 0 Å². The zero-order chi connectivity index (χ0) is 30.3. The topological polar surface area (TPSA) is 99.0 Å².